The quantitative estimate of drug-likeness (QED) is 0.0197. The molecule has 0 spiro atoms. The lowest BCUT2D eigenvalue weighted by molar-refractivity contribution is -0.346. The zero-order chi connectivity index (χ0) is 97.5. The molecule has 0 unspecified atom stereocenters. The highest BCUT2D eigenvalue weighted by atomic mass is 33.1. The molecule has 4 fully saturated rings. The fourth-order valence-electron chi connectivity index (χ4n) is 15.1. The van der Waals surface area contributed by atoms with E-state index in [0.717, 1.165) is 119 Å². The SMILES string of the molecule is CC(=O)OC[C@H]1O[C@H](O[C@@H]2[C@H](OCc3ccccc3)[C@@H](OCc3ccccc3)[C@H](SCC(=O)NCCN(CCNC(=O)CS[C@@H]3O[C@H](COCc4ccccc4)[C@H](O[C@H]4O[C@H](COC(C)=O)[C@H](OC(C)=O)[C@H](OC(C)=O)[C@H]4OC(C)=O)[C@H](OCc4ccccc4)[C@H]3OCc3ccccc3)CCNC(=O)CSS(C)(=O)=O)O[C@@H]2COCc2ccccc2)[C@H](OC(C)=O)[C@@H](OC(C)=O)[C@H]1OC(C)=O. The summed E-state index contributed by atoms with van der Waals surface area (Å²) in [5, 5.41) is 8.75. The normalized spacial score (nSPS) is 24.8. The van der Waals surface area contributed by atoms with Crippen LogP contribution in [-0.2, 0) is 196 Å². The zero-order valence-corrected chi connectivity index (χ0v) is 80.1. The molecule has 3 amide bonds. The Hall–Kier alpha value is -10.0. The summed E-state index contributed by atoms with van der Waals surface area (Å²) in [5.41, 5.74) is 2.29. The summed E-state index contributed by atoms with van der Waals surface area (Å²) in [6.07, 6.45) is -24.9. The fraction of sp³-hybridized carbons (Fsp3) is 0.505. The Kier molecular flexibility index (Phi) is 44.6. The molecule has 10 rings (SSSR count). The summed E-state index contributed by atoms with van der Waals surface area (Å²) in [5.74, 6) is -9.16. The van der Waals surface area contributed by atoms with Gasteiger partial charge in [0.1, 0.15) is 85.1 Å². The van der Waals surface area contributed by atoms with E-state index in [-0.39, 0.29) is 109 Å². The highest BCUT2D eigenvalue weighted by Gasteiger charge is 2.59. The Morgan fingerprint density at radius 3 is 0.860 bits per heavy atom. The van der Waals surface area contributed by atoms with Crippen LogP contribution in [0.2, 0.25) is 0 Å². The molecule has 4 heterocycles. The molecule has 4 aliphatic rings. The van der Waals surface area contributed by atoms with Crippen molar-refractivity contribution in [1.82, 2.24) is 20.9 Å². The van der Waals surface area contributed by atoms with E-state index >= 15 is 0 Å². The summed E-state index contributed by atoms with van der Waals surface area (Å²) in [7, 11) is -3.13. The van der Waals surface area contributed by atoms with Crippen LogP contribution in [0.4, 0.5) is 0 Å². The molecule has 136 heavy (non-hydrogen) atoms. The molecular formula is C95H118N4O33S4. The second-order valence-corrected chi connectivity index (χ2v) is 38.6. The molecule has 0 radical (unpaired) electrons. The first-order valence-corrected chi connectivity index (χ1v) is 49.6. The molecule has 0 aliphatic carbocycles. The van der Waals surface area contributed by atoms with Crippen molar-refractivity contribution in [3.8, 4) is 0 Å². The van der Waals surface area contributed by atoms with Gasteiger partial charge in [-0.15, -0.1) is 23.5 Å². The minimum atomic E-state index is -3.59. The molecule has 0 bridgehead atoms. The third-order valence-corrected chi connectivity index (χ3v) is 25.7. The molecule has 4 saturated heterocycles. The van der Waals surface area contributed by atoms with E-state index in [1.165, 1.54) is 0 Å². The van der Waals surface area contributed by atoms with Crippen LogP contribution in [0.1, 0.15) is 88.8 Å². The summed E-state index contributed by atoms with van der Waals surface area (Å²) >= 11 is 2.13. The molecule has 740 valence electrons. The average Bonchev–Trinajstić information content (AvgIpc) is 0.765. The Morgan fingerprint density at radius 1 is 0.309 bits per heavy atom. The van der Waals surface area contributed by atoms with Gasteiger partial charge in [-0.25, -0.2) is 8.42 Å². The van der Waals surface area contributed by atoms with Crippen LogP contribution in [0.5, 0.6) is 0 Å². The predicted molar refractivity (Wildman–Crippen MR) is 491 cm³/mol. The molecule has 41 heteroatoms. The lowest BCUT2D eigenvalue weighted by atomic mass is 9.96. The maximum atomic E-state index is 14.6. The van der Waals surface area contributed by atoms with Crippen molar-refractivity contribution in [3.05, 3.63) is 215 Å². The van der Waals surface area contributed by atoms with Crippen LogP contribution in [0.3, 0.4) is 0 Å². The van der Waals surface area contributed by atoms with Gasteiger partial charge in [0.25, 0.3) is 0 Å². The zero-order valence-electron chi connectivity index (χ0n) is 76.9. The van der Waals surface area contributed by atoms with E-state index in [9.17, 15) is 61.2 Å². The molecule has 3 N–H and O–H groups in total. The Labute approximate surface area is 801 Å². The van der Waals surface area contributed by atoms with Crippen LogP contribution >= 0.6 is 34.3 Å². The molecular weight excluding hydrogens is 1850 g/mol. The maximum Gasteiger partial charge on any atom is 0.303 e. The number of nitrogens with zero attached hydrogens (tertiary/aromatic N) is 1. The van der Waals surface area contributed by atoms with E-state index in [1.54, 1.807) is 0 Å². The molecule has 6 aromatic rings. The number of hydrogen-bond acceptors (Lipinski definition) is 37. The van der Waals surface area contributed by atoms with Gasteiger partial charge in [-0.05, 0) is 44.2 Å². The van der Waals surface area contributed by atoms with E-state index < -0.39 is 209 Å². The van der Waals surface area contributed by atoms with E-state index in [1.807, 2.05) is 187 Å². The van der Waals surface area contributed by atoms with Crippen LogP contribution in [0.15, 0.2) is 182 Å². The average molecular weight is 1970 g/mol. The van der Waals surface area contributed by atoms with E-state index in [4.69, 9.17) is 94.7 Å². The largest absolute Gasteiger partial charge is 0.463 e. The lowest BCUT2D eigenvalue weighted by Crippen LogP contribution is -2.66. The van der Waals surface area contributed by atoms with Gasteiger partial charge in [-0.2, -0.15) is 0 Å². The van der Waals surface area contributed by atoms with Crippen LogP contribution in [-0.4, -0.2) is 289 Å². The molecule has 0 saturated carbocycles. The summed E-state index contributed by atoms with van der Waals surface area (Å²) < 4.78 is 152. The van der Waals surface area contributed by atoms with Crippen molar-refractivity contribution in [1.29, 1.82) is 0 Å². The molecule has 37 nitrogen and oxygen atoms in total. The Morgan fingerprint density at radius 2 is 0.574 bits per heavy atom. The lowest BCUT2D eigenvalue weighted by Gasteiger charge is -2.49. The first-order valence-electron chi connectivity index (χ1n) is 44.1. The number of rotatable bonds is 52. The number of thioether (sulfide) groups is 2. The summed E-state index contributed by atoms with van der Waals surface area (Å²) in [4.78, 5) is 148. The first kappa shape index (κ1) is 108. The number of carbonyl (C=O) groups is 11. The van der Waals surface area contributed by atoms with Gasteiger partial charge in [0.05, 0.1) is 70.1 Å². The summed E-state index contributed by atoms with van der Waals surface area (Å²) in [6, 6.07) is 55.2. The number of amides is 3. The van der Waals surface area contributed by atoms with Crippen LogP contribution in [0.25, 0.3) is 0 Å². The number of hydrogen-bond donors (Lipinski definition) is 3. The standard InChI is InChI=1S/C95H118N4O33S4/c1-59(100)115-54-75-82(121-61(3)102)86(123-63(5)104)88(125-65(7)106)92(127-75)131-80-73(52-113-46-67-28-16-10-17-29-67)129-94(90(119-50-71-36-24-14-25-37-71)84(80)117-48-69-32-20-12-21-33-69)133-56-77(108)96-40-43-99(45-42-98-79(110)58-135-136(9,111)112)44-41-97-78(109)57-134-95-91(120-51-72-38-26-15-27-39-72)85(118-49-70-34-22-13-23-35-70)81(74(130-95)53-114-47-68-30-18-11-19-31-68)132-93-89(126-66(8)107)87(124-64(6)105)83(122-62(4)103)76(128-93)55-116-60(2)101/h10-39,73-76,80-95H,40-58H2,1-9H3,(H,96,108)(H,97,109)(H,98,110)/t73-,74-,75-,76-,80+,81+,82+,83+,84+,85+,86+,87+,88-,89-,90-,91-,92-,93-,94+,95+/m1/s1. The number of ether oxygens (including phenoxy) is 20. The second-order valence-electron chi connectivity index (χ2n) is 31.9. The number of benzene rings is 6. The maximum absolute atomic E-state index is 14.6. The monoisotopic (exact) mass is 1970 g/mol. The summed E-state index contributed by atoms with van der Waals surface area (Å²) in [6.45, 7) is 7.58. The number of esters is 8. The van der Waals surface area contributed by atoms with Crippen LogP contribution in [0, 0.1) is 0 Å². The minimum absolute atomic E-state index is 0.00323. The van der Waals surface area contributed by atoms with Crippen molar-refractivity contribution in [2.45, 2.75) is 216 Å². The first-order chi connectivity index (χ1) is 65.4. The second kappa shape index (κ2) is 56.1. The van der Waals surface area contributed by atoms with Crippen molar-refractivity contribution in [3.63, 3.8) is 0 Å². The predicted octanol–water partition coefficient (Wildman–Crippen LogP) is 6.96. The van der Waals surface area contributed by atoms with Gasteiger partial charge in [0.15, 0.2) is 58.1 Å². The smallest absolute Gasteiger partial charge is 0.303 e. The van der Waals surface area contributed by atoms with Crippen molar-refractivity contribution < 1.29 is 156 Å². The molecule has 20 atom stereocenters. The minimum Gasteiger partial charge on any atom is -0.463 e. The fourth-order valence-corrected chi connectivity index (χ4v) is 18.6. The third kappa shape index (κ3) is 36.7. The van der Waals surface area contributed by atoms with E-state index in [0.29, 0.717) is 10.8 Å². The van der Waals surface area contributed by atoms with Crippen LogP contribution < -0.4 is 16.0 Å². The number of nitrogens with one attached hydrogen (secondary N) is 3. The van der Waals surface area contributed by atoms with Crippen molar-refractivity contribution in [2.24, 2.45) is 0 Å². The van der Waals surface area contributed by atoms with Gasteiger partial charge in [0, 0.05) is 101 Å². The third-order valence-electron chi connectivity index (χ3n) is 21.0. The van der Waals surface area contributed by atoms with E-state index in [2.05, 4.69) is 16.0 Å². The van der Waals surface area contributed by atoms with Gasteiger partial charge >= 0.3 is 47.8 Å². The van der Waals surface area contributed by atoms with Gasteiger partial charge in [0.2, 0.25) is 17.7 Å². The van der Waals surface area contributed by atoms with Gasteiger partial charge < -0.3 is 111 Å². The molecule has 4 aliphatic heterocycles. The van der Waals surface area contributed by atoms with Gasteiger partial charge in [-0.1, -0.05) is 182 Å². The Bertz CT molecular complexity index is 4610. The molecule has 0 aromatic heterocycles. The van der Waals surface area contributed by atoms with Gasteiger partial charge in [-0.3, -0.25) is 57.6 Å². The number of carbonyl (C=O) groups excluding carboxylic acids is 11. The topological polar surface area (TPSA) is 446 Å². The van der Waals surface area contributed by atoms with Crippen molar-refractivity contribution in [2.75, 3.05) is 89.2 Å². The molecule has 6 aromatic carbocycles. The highest BCUT2D eigenvalue weighted by Crippen LogP contribution is 2.42. The highest BCUT2D eigenvalue weighted by molar-refractivity contribution is 8.72. The Balaban J connectivity index is 0.909. The van der Waals surface area contributed by atoms with Crippen molar-refractivity contribution >= 4 is 109 Å².